The summed E-state index contributed by atoms with van der Waals surface area (Å²) in [6, 6.07) is 5.59. The van der Waals surface area contributed by atoms with Crippen molar-refractivity contribution in [1.82, 2.24) is 0 Å². The molecule has 0 radical (unpaired) electrons. The maximum Gasteiger partial charge on any atom is 1.00 e. The fourth-order valence-corrected chi connectivity index (χ4v) is 2.17. The number of methoxy groups -OCH3 is 1. The van der Waals surface area contributed by atoms with Crippen LogP contribution >= 0.6 is 15.9 Å². The molecule has 0 saturated heterocycles. The van der Waals surface area contributed by atoms with E-state index in [1.807, 2.05) is 12.1 Å². The summed E-state index contributed by atoms with van der Waals surface area (Å²) in [5.74, 6) is -0.184. The van der Waals surface area contributed by atoms with Crippen molar-refractivity contribution in [3.63, 3.8) is 0 Å². The van der Waals surface area contributed by atoms with Gasteiger partial charge < -0.3 is 19.4 Å². The number of benzene rings is 1. The van der Waals surface area contributed by atoms with Gasteiger partial charge in [0.25, 0.3) is 0 Å². The molecule has 0 N–H and O–H groups in total. The van der Waals surface area contributed by atoms with Crippen LogP contribution in [0.4, 0.5) is 0 Å². The zero-order valence-electron chi connectivity index (χ0n) is 11.0. The molecule has 6 heteroatoms. The SMILES string of the molecule is COCC(Oc1ccc(Br)cc1C1CC1)C(=O)[O-].[Na+]. The van der Waals surface area contributed by atoms with E-state index in [-0.39, 0.29) is 36.2 Å². The van der Waals surface area contributed by atoms with Crippen LogP contribution in [0.2, 0.25) is 0 Å². The third-order valence-corrected chi connectivity index (χ3v) is 3.33. The molecule has 1 unspecified atom stereocenters. The van der Waals surface area contributed by atoms with E-state index in [2.05, 4.69) is 15.9 Å². The quantitative estimate of drug-likeness (QED) is 0.592. The Bertz CT molecular complexity index is 448. The molecule has 1 aliphatic carbocycles. The first-order valence-electron chi connectivity index (χ1n) is 5.77. The number of rotatable bonds is 6. The van der Waals surface area contributed by atoms with Crippen molar-refractivity contribution in [3.8, 4) is 5.75 Å². The molecule has 1 saturated carbocycles. The van der Waals surface area contributed by atoms with Crippen LogP contribution in [0.1, 0.15) is 24.3 Å². The summed E-state index contributed by atoms with van der Waals surface area (Å²) < 4.78 is 11.3. The van der Waals surface area contributed by atoms with Gasteiger partial charge in [0.2, 0.25) is 0 Å². The smallest absolute Gasteiger partial charge is 0.546 e. The number of carboxylic acids is 1. The Hall–Kier alpha value is -0.0700. The average molecular weight is 337 g/mol. The Morgan fingerprint density at radius 1 is 1.53 bits per heavy atom. The van der Waals surface area contributed by atoms with Crippen molar-refractivity contribution in [2.24, 2.45) is 0 Å². The summed E-state index contributed by atoms with van der Waals surface area (Å²) in [6.07, 6.45) is 1.16. The van der Waals surface area contributed by atoms with Crippen molar-refractivity contribution in [3.05, 3.63) is 28.2 Å². The van der Waals surface area contributed by atoms with E-state index in [4.69, 9.17) is 9.47 Å². The van der Waals surface area contributed by atoms with E-state index in [0.717, 1.165) is 22.9 Å². The molecule has 0 heterocycles. The van der Waals surface area contributed by atoms with E-state index in [1.165, 1.54) is 7.11 Å². The second-order valence-electron chi connectivity index (χ2n) is 4.34. The first-order valence-corrected chi connectivity index (χ1v) is 6.57. The van der Waals surface area contributed by atoms with Crippen LogP contribution < -0.4 is 39.4 Å². The van der Waals surface area contributed by atoms with E-state index in [1.54, 1.807) is 6.07 Å². The Morgan fingerprint density at radius 3 is 2.74 bits per heavy atom. The number of carbonyl (C=O) groups is 1. The number of ether oxygens (including phenoxy) is 2. The minimum atomic E-state index is -1.26. The van der Waals surface area contributed by atoms with Gasteiger partial charge in [0, 0.05) is 11.6 Å². The second kappa shape index (κ2) is 7.64. The second-order valence-corrected chi connectivity index (χ2v) is 5.25. The van der Waals surface area contributed by atoms with Crippen LogP contribution in [0, 0.1) is 0 Å². The first-order chi connectivity index (χ1) is 8.61. The molecule has 0 amide bonds. The van der Waals surface area contributed by atoms with Crippen LogP contribution in [-0.2, 0) is 9.53 Å². The molecular formula is C13H14BrNaO4. The van der Waals surface area contributed by atoms with Gasteiger partial charge >= 0.3 is 29.6 Å². The molecule has 0 aliphatic heterocycles. The summed E-state index contributed by atoms with van der Waals surface area (Å²) >= 11 is 3.41. The normalized spacial score (nSPS) is 15.5. The molecular weight excluding hydrogens is 323 g/mol. The van der Waals surface area contributed by atoms with Gasteiger partial charge in [-0.1, -0.05) is 15.9 Å². The zero-order chi connectivity index (χ0) is 13.1. The number of hydrogen-bond donors (Lipinski definition) is 0. The number of carboxylic acid groups (broad SMARTS) is 1. The average Bonchev–Trinajstić information content (AvgIpc) is 3.14. The predicted octanol–water partition coefficient (Wildman–Crippen LogP) is -1.53. The fraction of sp³-hybridized carbons (Fsp3) is 0.462. The van der Waals surface area contributed by atoms with Gasteiger partial charge in [0.15, 0.2) is 6.10 Å². The number of hydrogen-bond acceptors (Lipinski definition) is 4. The van der Waals surface area contributed by atoms with Crippen LogP contribution in [0.25, 0.3) is 0 Å². The van der Waals surface area contributed by atoms with Gasteiger partial charge in [-0.15, -0.1) is 0 Å². The van der Waals surface area contributed by atoms with E-state index in [0.29, 0.717) is 11.7 Å². The van der Waals surface area contributed by atoms with Crippen molar-refractivity contribution in [2.75, 3.05) is 13.7 Å². The number of carbonyl (C=O) groups excluding carboxylic acids is 1. The molecule has 1 aromatic carbocycles. The molecule has 19 heavy (non-hydrogen) atoms. The summed E-state index contributed by atoms with van der Waals surface area (Å²) in [7, 11) is 1.43. The molecule has 4 nitrogen and oxygen atoms in total. The van der Waals surface area contributed by atoms with Crippen molar-refractivity contribution in [2.45, 2.75) is 24.9 Å². The fourth-order valence-electron chi connectivity index (χ4n) is 1.79. The predicted molar refractivity (Wildman–Crippen MR) is 67.4 cm³/mol. The maximum atomic E-state index is 10.9. The van der Waals surface area contributed by atoms with Crippen molar-refractivity contribution >= 4 is 21.9 Å². The molecule has 0 spiro atoms. The monoisotopic (exact) mass is 336 g/mol. The van der Waals surface area contributed by atoms with E-state index < -0.39 is 12.1 Å². The van der Waals surface area contributed by atoms with Crippen LogP contribution in [0.3, 0.4) is 0 Å². The third kappa shape index (κ3) is 4.76. The van der Waals surface area contributed by atoms with Gasteiger partial charge in [-0.3, -0.25) is 0 Å². The molecule has 1 fully saturated rings. The Morgan fingerprint density at radius 2 is 2.21 bits per heavy atom. The Balaban J connectivity index is 0.00000180. The molecule has 1 aromatic rings. The Labute approximate surface area is 142 Å². The molecule has 2 rings (SSSR count). The van der Waals surface area contributed by atoms with Gasteiger partial charge in [0.05, 0.1) is 12.6 Å². The third-order valence-electron chi connectivity index (χ3n) is 2.84. The molecule has 98 valence electrons. The Kier molecular flexibility index (Phi) is 6.83. The van der Waals surface area contributed by atoms with Crippen molar-refractivity contribution in [1.29, 1.82) is 0 Å². The molecule has 1 aliphatic rings. The van der Waals surface area contributed by atoms with Gasteiger partial charge in [-0.25, -0.2) is 0 Å². The molecule has 0 aromatic heterocycles. The van der Waals surface area contributed by atoms with Crippen LogP contribution in [0.5, 0.6) is 5.75 Å². The summed E-state index contributed by atoms with van der Waals surface area (Å²) in [5.41, 5.74) is 1.05. The zero-order valence-corrected chi connectivity index (χ0v) is 14.6. The van der Waals surface area contributed by atoms with Crippen LogP contribution in [-0.4, -0.2) is 25.8 Å². The number of aliphatic carboxylic acids is 1. The number of halogens is 1. The van der Waals surface area contributed by atoms with Crippen molar-refractivity contribution < 1.29 is 48.9 Å². The first kappa shape index (κ1) is 17.0. The minimum absolute atomic E-state index is 0. The summed E-state index contributed by atoms with van der Waals surface area (Å²) in [4.78, 5) is 10.9. The molecule has 0 bridgehead atoms. The minimum Gasteiger partial charge on any atom is -0.546 e. The summed E-state index contributed by atoms with van der Waals surface area (Å²) in [5, 5.41) is 10.9. The maximum absolute atomic E-state index is 10.9. The van der Waals surface area contributed by atoms with Gasteiger partial charge in [-0.2, -0.15) is 0 Å². The largest absolute Gasteiger partial charge is 1.00 e. The topological polar surface area (TPSA) is 58.6 Å². The summed E-state index contributed by atoms with van der Waals surface area (Å²) in [6.45, 7) is -0.0253. The van der Waals surface area contributed by atoms with E-state index >= 15 is 0 Å². The van der Waals surface area contributed by atoms with Gasteiger partial charge in [0.1, 0.15) is 5.75 Å². The molecule has 1 atom stereocenters. The van der Waals surface area contributed by atoms with Gasteiger partial charge in [-0.05, 0) is 42.5 Å². The standard InChI is InChI=1S/C13H15BrO4.Na/c1-17-7-12(13(15)16)18-11-5-4-9(14)6-10(11)8-2-3-8;/h4-6,8,12H,2-3,7H2,1H3,(H,15,16);/q;+1/p-1. The van der Waals surface area contributed by atoms with E-state index in [9.17, 15) is 9.90 Å². The van der Waals surface area contributed by atoms with Crippen LogP contribution in [0.15, 0.2) is 22.7 Å².